The molecular weight excluding hydrogens is 255 g/mol. The van der Waals surface area contributed by atoms with E-state index in [2.05, 4.69) is 5.32 Å². The molecule has 2 rings (SSSR count). The van der Waals surface area contributed by atoms with Crippen LogP contribution in [0.3, 0.4) is 0 Å². The summed E-state index contributed by atoms with van der Waals surface area (Å²) in [6, 6.07) is 10.0. The molecule has 0 saturated carbocycles. The number of carbonyl (C=O) groups excluding carboxylic acids is 1. The number of halogens is 2. The summed E-state index contributed by atoms with van der Waals surface area (Å²) in [5.74, 6) is -0.768. The fourth-order valence-corrected chi connectivity index (χ4v) is 1.60. The summed E-state index contributed by atoms with van der Waals surface area (Å²) in [5, 5.41) is 3.00. The number of hydrogen-bond acceptors (Lipinski definition) is 2. The van der Waals surface area contributed by atoms with Crippen LogP contribution in [-0.4, -0.2) is 5.91 Å². The molecule has 18 heavy (non-hydrogen) atoms. The van der Waals surface area contributed by atoms with Crippen molar-refractivity contribution in [1.82, 2.24) is 0 Å². The molecule has 0 fully saturated rings. The minimum atomic E-state index is -0.395. The van der Waals surface area contributed by atoms with Crippen molar-refractivity contribution in [1.29, 1.82) is 0 Å². The smallest absolute Gasteiger partial charge is 0.255 e. The van der Waals surface area contributed by atoms with Gasteiger partial charge in [-0.3, -0.25) is 4.79 Å². The van der Waals surface area contributed by atoms with Gasteiger partial charge in [-0.15, -0.1) is 0 Å². The minimum Gasteiger partial charge on any atom is -0.399 e. The van der Waals surface area contributed by atoms with Crippen molar-refractivity contribution < 1.29 is 9.18 Å². The maximum Gasteiger partial charge on any atom is 0.255 e. The summed E-state index contributed by atoms with van der Waals surface area (Å²) in [7, 11) is 0. The van der Waals surface area contributed by atoms with Gasteiger partial charge >= 0.3 is 0 Å². The number of nitrogens with one attached hydrogen (secondary N) is 1. The van der Waals surface area contributed by atoms with E-state index in [-0.39, 0.29) is 5.91 Å². The molecule has 2 aromatic carbocycles. The number of rotatable bonds is 2. The maximum atomic E-state index is 12.7. The molecule has 0 unspecified atom stereocenters. The molecule has 1 amide bonds. The van der Waals surface area contributed by atoms with Crippen LogP contribution in [0.5, 0.6) is 0 Å². The minimum absolute atomic E-state index is 0.342. The molecule has 3 nitrogen and oxygen atoms in total. The summed E-state index contributed by atoms with van der Waals surface area (Å²) in [6.45, 7) is 0. The Morgan fingerprint density at radius 3 is 2.50 bits per heavy atom. The van der Waals surface area contributed by atoms with Crippen molar-refractivity contribution in [2.45, 2.75) is 0 Å². The van der Waals surface area contributed by atoms with E-state index in [0.29, 0.717) is 22.0 Å². The van der Waals surface area contributed by atoms with Crippen LogP contribution < -0.4 is 11.1 Å². The van der Waals surface area contributed by atoms with Gasteiger partial charge in [0.2, 0.25) is 0 Å². The lowest BCUT2D eigenvalue weighted by Crippen LogP contribution is -2.12. The van der Waals surface area contributed by atoms with Crippen molar-refractivity contribution in [3.8, 4) is 0 Å². The molecule has 0 saturated heterocycles. The molecule has 0 atom stereocenters. The number of nitrogens with two attached hydrogens (primary N) is 1. The SMILES string of the molecule is Nc1ccc(Cl)c(NC(=O)c2ccc(F)cc2)c1. The van der Waals surface area contributed by atoms with E-state index in [1.165, 1.54) is 24.3 Å². The third kappa shape index (κ3) is 2.78. The lowest BCUT2D eigenvalue weighted by Gasteiger charge is -2.08. The molecule has 0 aliphatic heterocycles. The Kier molecular flexibility index (Phi) is 3.48. The molecule has 0 spiro atoms. The molecule has 0 aromatic heterocycles. The molecule has 0 heterocycles. The normalized spacial score (nSPS) is 10.1. The van der Waals surface area contributed by atoms with Crippen LogP contribution in [0.1, 0.15) is 10.4 Å². The first kappa shape index (κ1) is 12.4. The van der Waals surface area contributed by atoms with Crippen LogP contribution in [0.25, 0.3) is 0 Å². The van der Waals surface area contributed by atoms with Gasteiger partial charge < -0.3 is 11.1 Å². The van der Waals surface area contributed by atoms with Crippen molar-refractivity contribution in [3.63, 3.8) is 0 Å². The van der Waals surface area contributed by atoms with Gasteiger partial charge in [0.25, 0.3) is 5.91 Å². The van der Waals surface area contributed by atoms with E-state index >= 15 is 0 Å². The highest BCUT2D eigenvalue weighted by atomic mass is 35.5. The van der Waals surface area contributed by atoms with Crippen LogP contribution in [0.15, 0.2) is 42.5 Å². The van der Waals surface area contributed by atoms with Gasteiger partial charge in [-0.2, -0.15) is 0 Å². The van der Waals surface area contributed by atoms with Crippen LogP contribution in [0.2, 0.25) is 5.02 Å². The topological polar surface area (TPSA) is 55.1 Å². The number of hydrogen-bond donors (Lipinski definition) is 2. The van der Waals surface area contributed by atoms with Crippen LogP contribution >= 0.6 is 11.6 Å². The van der Waals surface area contributed by atoms with Gasteiger partial charge in [-0.25, -0.2) is 4.39 Å². The van der Waals surface area contributed by atoms with E-state index < -0.39 is 5.82 Å². The van der Waals surface area contributed by atoms with Gasteiger partial charge in [0.1, 0.15) is 5.82 Å². The Morgan fingerprint density at radius 2 is 1.83 bits per heavy atom. The Morgan fingerprint density at radius 1 is 1.17 bits per heavy atom. The fourth-order valence-electron chi connectivity index (χ4n) is 1.43. The zero-order valence-electron chi connectivity index (χ0n) is 9.28. The van der Waals surface area contributed by atoms with E-state index in [4.69, 9.17) is 17.3 Å². The van der Waals surface area contributed by atoms with E-state index in [1.54, 1.807) is 18.2 Å². The number of benzene rings is 2. The van der Waals surface area contributed by atoms with Crippen molar-refractivity contribution >= 4 is 28.9 Å². The Bertz CT molecular complexity index is 584. The molecule has 0 radical (unpaired) electrons. The van der Waals surface area contributed by atoms with Crippen molar-refractivity contribution in [3.05, 3.63) is 58.9 Å². The molecule has 92 valence electrons. The zero-order valence-corrected chi connectivity index (χ0v) is 10.0. The monoisotopic (exact) mass is 264 g/mol. The van der Waals surface area contributed by atoms with E-state index in [9.17, 15) is 9.18 Å². The van der Waals surface area contributed by atoms with Crippen LogP contribution in [0, 0.1) is 5.82 Å². The standard InChI is InChI=1S/C13H10ClFN2O/c14-11-6-5-10(16)7-12(11)17-13(18)8-1-3-9(15)4-2-8/h1-7H,16H2,(H,17,18). The van der Waals surface area contributed by atoms with Gasteiger partial charge in [0.15, 0.2) is 0 Å². The first-order chi connectivity index (χ1) is 8.56. The third-order valence-electron chi connectivity index (χ3n) is 2.35. The second kappa shape index (κ2) is 5.06. The summed E-state index contributed by atoms with van der Waals surface area (Å²) in [6.07, 6.45) is 0. The average molecular weight is 265 g/mol. The lowest BCUT2D eigenvalue weighted by atomic mass is 10.2. The summed E-state index contributed by atoms with van der Waals surface area (Å²) < 4.78 is 12.7. The highest BCUT2D eigenvalue weighted by molar-refractivity contribution is 6.34. The largest absolute Gasteiger partial charge is 0.399 e. The Labute approximate surface area is 108 Å². The molecule has 0 aliphatic rings. The Balaban J connectivity index is 2.21. The number of nitrogen functional groups attached to an aromatic ring is 1. The molecule has 5 heteroatoms. The molecule has 0 aliphatic carbocycles. The van der Waals surface area contributed by atoms with Crippen molar-refractivity contribution in [2.24, 2.45) is 0 Å². The average Bonchev–Trinajstić information content (AvgIpc) is 2.34. The number of anilines is 2. The second-order valence-corrected chi connectivity index (χ2v) is 4.11. The summed E-state index contributed by atoms with van der Waals surface area (Å²) in [4.78, 5) is 11.9. The molecule has 0 bridgehead atoms. The summed E-state index contributed by atoms with van der Waals surface area (Å²) >= 11 is 5.92. The van der Waals surface area contributed by atoms with E-state index in [1.807, 2.05) is 0 Å². The fraction of sp³-hybridized carbons (Fsp3) is 0. The number of carbonyl (C=O) groups is 1. The van der Waals surface area contributed by atoms with Gasteiger partial charge in [0, 0.05) is 11.3 Å². The predicted octanol–water partition coefficient (Wildman–Crippen LogP) is 3.31. The number of amides is 1. The van der Waals surface area contributed by atoms with Crippen LogP contribution in [0.4, 0.5) is 15.8 Å². The molecule has 3 N–H and O–H groups in total. The summed E-state index contributed by atoms with van der Waals surface area (Å²) in [5.41, 5.74) is 6.86. The predicted molar refractivity (Wildman–Crippen MR) is 70.2 cm³/mol. The molecule has 2 aromatic rings. The van der Waals surface area contributed by atoms with Gasteiger partial charge in [-0.1, -0.05) is 11.6 Å². The lowest BCUT2D eigenvalue weighted by molar-refractivity contribution is 0.102. The quantitative estimate of drug-likeness (QED) is 0.818. The highest BCUT2D eigenvalue weighted by Crippen LogP contribution is 2.24. The Hall–Kier alpha value is -2.07. The van der Waals surface area contributed by atoms with Crippen LogP contribution in [-0.2, 0) is 0 Å². The third-order valence-corrected chi connectivity index (χ3v) is 2.67. The highest BCUT2D eigenvalue weighted by Gasteiger charge is 2.08. The maximum absolute atomic E-state index is 12.7. The van der Waals surface area contributed by atoms with Gasteiger partial charge in [-0.05, 0) is 42.5 Å². The first-order valence-electron chi connectivity index (χ1n) is 5.18. The second-order valence-electron chi connectivity index (χ2n) is 3.70. The zero-order chi connectivity index (χ0) is 13.1. The van der Waals surface area contributed by atoms with Crippen molar-refractivity contribution in [2.75, 3.05) is 11.1 Å². The molecular formula is C13H10ClFN2O. The first-order valence-corrected chi connectivity index (χ1v) is 5.56. The van der Waals surface area contributed by atoms with E-state index in [0.717, 1.165) is 0 Å². The van der Waals surface area contributed by atoms with Gasteiger partial charge in [0.05, 0.1) is 10.7 Å².